The van der Waals surface area contributed by atoms with Gasteiger partial charge in [0.05, 0.1) is 12.9 Å². The molecule has 0 aliphatic carbocycles. The van der Waals surface area contributed by atoms with Gasteiger partial charge in [-0.05, 0) is 18.2 Å². The Balaban J connectivity index is 2.70. The normalized spacial score (nSPS) is 11.3. The number of nitrogen functional groups attached to an aromatic ring is 1. The molecular weight excluding hydrogens is 284 g/mol. The minimum atomic E-state index is -2.92. The Hall–Kier alpha value is -1.21. The molecule has 0 saturated carbocycles. The van der Waals surface area contributed by atoms with E-state index in [4.69, 9.17) is 15.9 Å². The molecule has 0 radical (unpaired) electrons. The number of rotatable bonds is 7. The van der Waals surface area contributed by atoms with Crippen molar-refractivity contribution in [3.8, 4) is 5.75 Å². The summed E-state index contributed by atoms with van der Waals surface area (Å²) in [6, 6.07) is 5.30. The minimum Gasteiger partial charge on any atom is -0.496 e. The largest absolute Gasteiger partial charge is 0.496 e. The first-order valence-electron chi connectivity index (χ1n) is 5.60. The molecule has 0 saturated heterocycles. The summed E-state index contributed by atoms with van der Waals surface area (Å²) >= 11 is 1.51. The molecule has 0 spiro atoms. The summed E-state index contributed by atoms with van der Waals surface area (Å²) in [5.74, 6) is 2.04. The number of thioether (sulfide) groups is 1. The highest BCUT2D eigenvalue weighted by molar-refractivity contribution is 7.99. The molecule has 0 atom stereocenters. The molecule has 0 heterocycles. The van der Waals surface area contributed by atoms with Gasteiger partial charge >= 0.3 is 0 Å². The van der Waals surface area contributed by atoms with Crippen LogP contribution in [0, 0.1) is 5.41 Å². The van der Waals surface area contributed by atoms with Crippen LogP contribution >= 0.6 is 11.8 Å². The van der Waals surface area contributed by atoms with Gasteiger partial charge in [0.25, 0.3) is 0 Å². The molecule has 1 aromatic rings. The van der Waals surface area contributed by atoms with Gasteiger partial charge < -0.3 is 10.5 Å². The first kappa shape index (κ1) is 15.8. The highest BCUT2D eigenvalue weighted by Crippen LogP contribution is 2.24. The number of ether oxygens (including phenoxy) is 1. The summed E-state index contributed by atoms with van der Waals surface area (Å²) in [6.07, 6.45) is 1.23. The van der Waals surface area contributed by atoms with Crippen LogP contribution in [0.15, 0.2) is 18.2 Å². The summed E-state index contributed by atoms with van der Waals surface area (Å²) < 4.78 is 27.3. The SMILES string of the molecule is COc1ccc(C(=N)N)cc1CSCCS(C)(=O)=O. The van der Waals surface area contributed by atoms with E-state index in [9.17, 15) is 8.42 Å². The van der Waals surface area contributed by atoms with Crippen molar-refractivity contribution in [1.29, 1.82) is 5.41 Å². The van der Waals surface area contributed by atoms with Crippen molar-refractivity contribution >= 4 is 27.4 Å². The summed E-state index contributed by atoms with van der Waals surface area (Å²) in [5, 5.41) is 7.41. The third-order valence-corrected chi connectivity index (χ3v) is 4.66. The highest BCUT2D eigenvalue weighted by Gasteiger charge is 2.07. The van der Waals surface area contributed by atoms with Crippen molar-refractivity contribution in [1.82, 2.24) is 0 Å². The lowest BCUT2D eigenvalue weighted by Crippen LogP contribution is -2.11. The number of hydrogen-bond donors (Lipinski definition) is 2. The van der Waals surface area contributed by atoms with Crippen molar-refractivity contribution in [3.05, 3.63) is 29.3 Å². The van der Waals surface area contributed by atoms with Gasteiger partial charge in [-0.15, -0.1) is 0 Å². The molecule has 0 aromatic heterocycles. The highest BCUT2D eigenvalue weighted by atomic mass is 32.2. The number of hydrogen-bond acceptors (Lipinski definition) is 5. The predicted molar refractivity (Wildman–Crippen MR) is 79.9 cm³/mol. The standard InChI is InChI=1S/C12H18N2O3S2/c1-17-11-4-3-9(12(13)14)7-10(11)8-18-5-6-19(2,15)16/h3-4,7H,5-6,8H2,1-2H3,(H3,13,14). The van der Waals surface area contributed by atoms with E-state index in [1.54, 1.807) is 25.3 Å². The number of nitrogens with two attached hydrogens (primary N) is 1. The Labute approximate surface area is 118 Å². The maximum absolute atomic E-state index is 11.0. The maximum Gasteiger partial charge on any atom is 0.148 e. The van der Waals surface area contributed by atoms with E-state index in [1.165, 1.54) is 18.0 Å². The van der Waals surface area contributed by atoms with Gasteiger partial charge in [-0.25, -0.2) is 8.42 Å². The van der Waals surface area contributed by atoms with Crippen LogP contribution in [0.4, 0.5) is 0 Å². The fourth-order valence-corrected chi connectivity index (χ4v) is 3.72. The van der Waals surface area contributed by atoms with Crippen LogP contribution in [-0.2, 0) is 15.6 Å². The van der Waals surface area contributed by atoms with E-state index in [0.717, 1.165) is 11.3 Å². The van der Waals surface area contributed by atoms with Crippen molar-refractivity contribution in [2.45, 2.75) is 5.75 Å². The number of methoxy groups -OCH3 is 1. The van der Waals surface area contributed by atoms with Crippen LogP contribution in [0.25, 0.3) is 0 Å². The second-order valence-corrected chi connectivity index (χ2v) is 7.49. The minimum absolute atomic E-state index is 0.00467. The maximum atomic E-state index is 11.0. The van der Waals surface area contributed by atoms with Crippen LogP contribution in [0.1, 0.15) is 11.1 Å². The molecule has 0 fully saturated rings. The van der Waals surface area contributed by atoms with E-state index < -0.39 is 9.84 Å². The van der Waals surface area contributed by atoms with E-state index in [0.29, 0.717) is 17.1 Å². The third-order valence-electron chi connectivity index (χ3n) is 2.45. The van der Waals surface area contributed by atoms with Gasteiger partial charge in [-0.3, -0.25) is 5.41 Å². The smallest absolute Gasteiger partial charge is 0.148 e. The Morgan fingerprint density at radius 2 is 2.16 bits per heavy atom. The van der Waals surface area contributed by atoms with Crippen molar-refractivity contribution in [3.63, 3.8) is 0 Å². The molecule has 0 amide bonds. The molecule has 5 nitrogen and oxygen atoms in total. The van der Waals surface area contributed by atoms with Gasteiger partial charge in [0, 0.05) is 28.9 Å². The van der Waals surface area contributed by atoms with Gasteiger partial charge in [-0.2, -0.15) is 11.8 Å². The lowest BCUT2D eigenvalue weighted by molar-refractivity contribution is 0.411. The monoisotopic (exact) mass is 302 g/mol. The van der Waals surface area contributed by atoms with Crippen LogP contribution in [-0.4, -0.2) is 39.1 Å². The Bertz CT molecular complexity index is 556. The Morgan fingerprint density at radius 1 is 1.47 bits per heavy atom. The van der Waals surface area contributed by atoms with Crippen molar-refractivity contribution < 1.29 is 13.2 Å². The summed E-state index contributed by atoms with van der Waals surface area (Å²) in [5.41, 5.74) is 6.99. The fraction of sp³-hybridized carbons (Fsp3) is 0.417. The molecule has 3 N–H and O–H groups in total. The summed E-state index contributed by atoms with van der Waals surface area (Å²) in [4.78, 5) is 0. The van der Waals surface area contributed by atoms with E-state index in [1.807, 2.05) is 0 Å². The first-order chi connectivity index (χ1) is 8.83. The average Bonchev–Trinajstić information content (AvgIpc) is 2.33. The quantitative estimate of drug-likeness (QED) is 0.449. The lowest BCUT2D eigenvalue weighted by Gasteiger charge is -2.10. The molecule has 0 aliphatic rings. The number of nitrogens with one attached hydrogen (secondary N) is 1. The van der Waals surface area contributed by atoms with Crippen LogP contribution in [0.2, 0.25) is 0 Å². The number of benzene rings is 1. The first-order valence-corrected chi connectivity index (χ1v) is 8.82. The summed E-state index contributed by atoms with van der Waals surface area (Å²) in [7, 11) is -1.35. The molecule has 0 unspecified atom stereocenters. The Kier molecular flexibility index (Phi) is 5.68. The van der Waals surface area contributed by atoms with Crippen LogP contribution in [0.3, 0.4) is 0 Å². The average molecular weight is 302 g/mol. The van der Waals surface area contributed by atoms with Crippen molar-refractivity contribution in [2.75, 3.05) is 24.9 Å². The van der Waals surface area contributed by atoms with E-state index in [-0.39, 0.29) is 11.6 Å². The van der Waals surface area contributed by atoms with Gasteiger partial charge in [0.1, 0.15) is 21.4 Å². The molecule has 7 heteroatoms. The molecule has 0 bridgehead atoms. The number of sulfone groups is 1. The van der Waals surface area contributed by atoms with E-state index in [2.05, 4.69) is 0 Å². The second-order valence-electron chi connectivity index (χ2n) is 4.12. The molecule has 1 aromatic carbocycles. The van der Waals surface area contributed by atoms with Gasteiger partial charge in [0.2, 0.25) is 0 Å². The summed E-state index contributed by atoms with van der Waals surface area (Å²) in [6.45, 7) is 0. The number of amidine groups is 1. The van der Waals surface area contributed by atoms with Gasteiger partial charge in [-0.1, -0.05) is 0 Å². The predicted octanol–water partition coefficient (Wildman–Crippen LogP) is 1.26. The molecule has 19 heavy (non-hydrogen) atoms. The zero-order valence-electron chi connectivity index (χ0n) is 11.0. The molecule has 106 valence electrons. The Morgan fingerprint density at radius 3 is 2.68 bits per heavy atom. The molecular formula is C12H18N2O3S2. The fourth-order valence-electron chi connectivity index (χ4n) is 1.45. The zero-order chi connectivity index (χ0) is 14.5. The lowest BCUT2D eigenvalue weighted by atomic mass is 10.1. The zero-order valence-corrected chi connectivity index (χ0v) is 12.6. The van der Waals surface area contributed by atoms with Gasteiger partial charge in [0.15, 0.2) is 0 Å². The van der Waals surface area contributed by atoms with Crippen molar-refractivity contribution in [2.24, 2.45) is 5.73 Å². The molecule has 1 rings (SSSR count). The molecule has 0 aliphatic heterocycles. The second kappa shape index (κ2) is 6.81. The van der Waals surface area contributed by atoms with Crippen LogP contribution < -0.4 is 10.5 Å². The van der Waals surface area contributed by atoms with E-state index >= 15 is 0 Å². The van der Waals surface area contributed by atoms with Crippen LogP contribution in [0.5, 0.6) is 5.75 Å². The topological polar surface area (TPSA) is 93.2 Å². The third kappa shape index (κ3) is 5.52.